The molecule has 0 aliphatic carbocycles. The first-order valence-electron chi connectivity index (χ1n) is 10.5. The Hall–Kier alpha value is -3.28. The third kappa shape index (κ3) is 4.75. The second-order valence-corrected chi connectivity index (χ2v) is 8.62. The van der Waals surface area contributed by atoms with Crippen LogP contribution in [0.15, 0.2) is 30.5 Å². The van der Waals surface area contributed by atoms with Crippen LogP contribution in [0.25, 0.3) is 21.3 Å². The number of benzene rings is 1. The molecule has 0 unspecified atom stereocenters. The second-order valence-electron chi connectivity index (χ2n) is 7.59. The smallest absolute Gasteiger partial charge is 0.415 e. The standard InChI is InChI=1S/C22H22N4O6S/c1-13(27)24-21-25-17-3-2-14(9-19(17)33-21)15-8-18-20(23-10-15)31-5-4-26(18)22(28)32-16-11-29-6-7-30-12-16/h2-3,8-10,16H,4-7,11-12H2,1H3,(H,24,25,27). The minimum absolute atomic E-state index is 0.165. The lowest BCUT2D eigenvalue weighted by Gasteiger charge is -2.29. The van der Waals surface area contributed by atoms with Gasteiger partial charge in [-0.2, -0.15) is 0 Å². The maximum atomic E-state index is 12.9. The number of pyridine rings is 1. The fourth-order valence-corrected chi connectivity index (χ4v) is 4.58. The van der Waals surface area contributed by atoms with Crippen molar-refractivity contribution in [3.8, 4) is 17.0 Å². The van der Waals surface area contributed by atoms with E-state index in [1.807, 2.05) is 24.3 Å². The molecule has 11 heteroatoms. The van der Waals surface area contributed by atoms with Crippen molar-refractivity contribution in [2.45, 2.75) is 13.0 Å². The van der Waals surface area contributed by atoms with Gasteiger partial charge in [-0.15, -0.1) is 0 Å². The normalized spacial score (nSPS) is 16.6. The van der Waals surface area contributed by atoms with Gasteiger partial charge >= 0.3 is 6.09 Å². The summed E-state index contributed by atoms with van der Waals surface area (Å²) in [7, 11) is 0. The van der Waals surface area contributed by atoms with Crippen LogP contribution in [0.2, 0.25) is 0 Å². The van der Waals surface area contributed by atoms with Gasteiger partial charge in [0.1, 0.15) is 12.3 Å². The van der Waals surface area contributed by atoms with Gasteiger partial charge in [0.05, 0.1) is 43.2 Å². The molecule has 172 valence electrons. The maximum Gasteiger partial charge on any atom is 0.415 e. The fraction of sp³-hybridized carbons (Fsp3) is 0.364. The molecule has 1 saturated heterocycles. The van der Waals surface area contributed by atoms with E-state index in [0.29, 0.717) is 56.3 Å². The van der Waals surface area contributed by atoms with E-state index in [1.165, 1.54) is 23.2 Å². The number of thiazole rings is 1. The molecule has 0 atom stereocenters. The summed E-state index contributed by atoms with van der Waals surface area (Å²) in [6.07, 6.45) is 0.752. The Balaban J connectivity index is 1.40. The van der Waals surface area contributed by atoms with Gasteiger partial charge < -0.3 is 24.3 Å². The van der Waals surface area contributed by atoms with Gasteiger partial charge in [-0.3, -0.25) is 9.69 Å². The van der Waals surface area contributed by atoms with E-state index in [1.54, 1.807) is 6.20 Å². The molecule has 5 rings (SSSR count). The van der Waals surface area contributed by atoms with Crippen molar-refractivity contribution < 1.29 is 28.5 Å². The molecule has 33 heavy (non-hydrogen) atoms. The molecule has 0 spiro atoms. The molecular formula is C22H22N4O6S. The van der Waals surface area contributed by atoms with E-state index in [9.17, 15) is 9.59 Å². The number of hydrogen-bond acceptors (Lipinski definition) is 9. The van der Waals surface area contributed by atoms with Gasteiger partial charge in [0.15, 0.2) is 11.2 Å². The minimum Gasteiger partial charge on any atom is -0.474 e. The summed E-state index contributed by atoms with van der Waals surface area (Å²) in [5, 5.41) is 3.26. The third-order valence-electron chi connectivity index (χ3n) is 5.15. The van der Waals surface area contributed by atoms with Crippen LogP contribution >= 0.6 is 11.3 Å². The number of ether oxygens (including phenoxy) is 4. The number of amides is 2. The van der Waals surface area contributed by atoms with Crippen LogP contribution in [0, 0.1) is 0 Å². The van der Waals surface area contributed by atoms with E-state index >= 15 is 0 Å². The van der Waals surface area contributed by atoms with Crippen molar-refractivity contribution in [2.75, 3.05) is 49.8 Å². The van der Waals surface area contributed by atoms with Gasteiger partial charge in [0, 0.05) is 18.7 Å². The summed E-state index contributed by atoms with van der Waals surface area (Å²) >= 11 is 1.39. The highest BCUT2D eigenvalue weighted by molar-refractivity contribution is 7.22. The Morgan fingerprint density at radius 3 is 2.76 bits per heavy atom. The number of hydrogen-bond donors (Lipinski definition) is 1. The Morgan fingerprint density at radius 1 is 1.15 bits per heavy atom. The van der Waals surface area contributed by atoms with Crippen LogP contribution in [-0.2, 0) is 19.0 Å². The van der Waals surface area contributed by atoms with Crippen molar-refractivity contribution in [3.63, 3.8) is 0 Å². The highest BCUT2D eigenvalue weighted by atomic mass is 32.1. The lowest BCUT2D eigenvalue weighted by atomic mass is 10.1. The van der Waals surface area contributed by atoms with E-state index in [2.05, 4.69) is 15.3 Å². The van der Waals surface area contributed by atoms with Crippen LogP contribution in [0.1, 0.15) is 6.92 Å². The van der Waals surface area contributed by atoms with Crippen LogP contribution in [0.4, 0.5) is 15.6 Å². The molecule has 1 fully saturated rings. The molecule has 0 radical (unpaired) electrons. The molecule has 10 nitrogen and oxygen atoms in total. The predicted molar refractivity (Wildman–Crippen MR) is 122 cm³/mol. The first-order valence-corrected chi connectivity index (χ1v) is 11.3. The fourth-order valence-electron chi connectivity index (χ4n) is 3.62. The van der Waals surface area contributed by atoms with Gasteiger partial charge in [0.2, 0.25) is 11.8 Å². The van der Waals surface area contributed by atoms with Crippen molar-refractivity contribution >= 4 is 44.4 Å². The van der Waals surface area contributed by atoms with Gasteiger partial charge in [-0.1, -0.05) is 17.4 Å². The predicted octanol–water partition coefficient (Wildman–Crippen LogP) is 3.07. The summed E-state index contributed by atoms with van der Waals surface area (Å²) in [5.41, 5.74) is 3.05. The average Bonchev–Trinajstić information content (AvgIpc) is 3.02. The van der Waals surface area contributed by atoms with E-state index in [4.69, 9.17) is 18.9 Å². The average molecular weight is 471 g/mol. The van der Waals surface area contributed by atoms with Gasteiger partial charge in [0.25, 0.3) is 0 Å². The Bertz CT molecular complexity index is 1190. The Kier molecular flexibility index (Phi) is 6.07. The Labute approximate surface area is 193 Å². The molecule has 2 aliphatic rings. The molecule has 0 saturated carbocycles. The summed E-state index contributed by atoms with van der Waals surface area (Å²) in [6.45, 7) is 3.69. The van der Waals surface area contributed by atoms with Crippen LogP contribution in [0.3, 0.4) is 0 Å². The number of nitrogens with one attached hydrogen (secondary N) is 1. The lowest BCUT2D eigenvalue weighted by molar-refractivity contribution is -0.114. The van der Waals surface area contributed by atoms with Gasteiger partial charge in [-0.05, 0) is 23.8 Å². The second kappa shape index (κ2) is 9.30. The van der Waals surface area contributed by atoms with Crippen LogP contribution in [-0.4, -0.2) is 67.7 Å². The van der Waals surface area contributed by atoms with E-state index in [-0.39, 0.29) is 5.91 Å². The summed E-state index contributed by atoms with van der Waals surface area (Å²) in [5.74, 6) is 0.212. The molecule has 1 aromatic carbocycles. The number of anilines is 2. The lowest BCUT2D eigenvalue weighted by Crippen LogP contribution is -2.41. The third-order valence-corrected chi connectivity index (χ3v) is 6.08. The van der Waals surface area contributed by atoms with E-state index in [0.717, 1.165) is 21.3 Å². The maximum absolute atomic E-state index is 12.9. The SMILES string of the molecule is CC(=O)Nc1nc2ccc(-c3cnc4c(c3)N(C(=O)OC3COCCOC3)CCO4)cc2s1. The molecule has 3 aromatic rings. The first kappa shape index (κ1) is 21.6. The zero-order valence-electron chi connectivity index (χ0n) is 17.9. The minimum atomic E-state index is -0.490. The van der Waals surface area contributed by atoms with Crippen molar-refractivity contribution in [3.05, 3.63) is 30.5 Å². The topological polar surface area (TPSA) is 112 Å². The number of fused-ring (bicyclic) bond motifs is 2. The highest BCUT2D eigenvalue weighted by Crippen LogP contribution is 2.36. The largest absolute Gasteiger partial charge is 0.474 e. The molecule has 2 aromatic heterocycles. The van der Waals surface area contributed by atoms with Gasteiger partial charge in [-0.25, -0.2) is 14.8 Å². The highest BCUT2D eigenvalue weighted by Gasteiger charge is 2.29. The summed E-state index contributed by atoms with van der Waals surface area (Å²) in [6, 6.07) is 7.66. The Morgan fingerprint density at radius 2 is 1.97 bits per heavy atom. The number of aromatic nitrogens is 2. The molecule has 2 amide bonds. The van der Waals surface area contributed by atoms with E-state index < -0.39 is 12.2 Å². The quantitative estimate of drug-likeness (QED) is 0.622. The summed E-state index contributed by atoms with van der Waals surface area (Å²) in [4.78, 5) is 34.6. The molecule has 0 bridgehead atoms. The number of carbonyl (C=O) groups excluding carboxylic acids is 2. The van der Waals surface area contributed by atoms with Crippen molar-refractivity contribution in [1.82, 2.24) is 9.97 Å². The summed E-state index contributed by atoms with van der Waals surface area (Å²) < 4.78 is 23.0. The molecule has 4 heterocycles. The zero-order valence-corrected chi connectivity index (χ0v) is 18.7. The molecule has 1 N–H and O–H groups in total. The van der Waals surface area contributed by atoms with Crippen molar-refractivity contribution in [1.29, 1.82) is 0 Å². The molecule has 2 aliphatic heterocycles. The van der Waals surface area contributed by atoms with Crippen LogP contribution in [0.5, 0.6) is 5.88 Å². The zero-order chi connectivity index (χ0) is 22.8. The number of rotatable bonds is 3. The number of carbonyl (C=O) groups is 2. The first-order chi connectivity index (χ1) is 16.1. The number of nitrogens with zero attached hydrogens (tertiary/aromatic N) is 3. The van der Waals surface area contributed by atoms with Crippen LogP contribution < -0.4 is 15.0 Å². The molecular weight excluding hydrogens is 448 g/mol. The monoisotopic (exact) mass is 470 g/mol. The van der Waals surface area contributed by atoms with Crippen molar-refractivity contribution in [2.24, 2.45) is 0 Å².